The first-order valence-corrected chi connectivity index (χ1v) is 7.99. The molecular weight excluding hydrogens is 328 g/mol. The van der Waals surface area contributed by atoms with Crippen LogP contribution in [0.15, 0.2) is 47.4 Å². The number of fused-ring (bicyclic) bond motifs is 1. The molecule has 1 heterocycles. The third-order valence-corrected chi connectivity index (χ3v) is 4.68. The lowest BCUT2D eigenvalue weighted by atomic mass is 10.2. The molecule has 1 amide bonds. The fraction of sp³-hybridized carbons (Fsp3) is 0.0714. The van der Waals surface area contributed by atoms with Gasteiger partial charge in [-0.05, 0) is 24.3 Å². The molecule has 23 heavy (non-hydrogen) atoms. The van der Waals surface area contributed by atoms with Crippen LogP contribution in [0.3, 0.4) is 0 Å². The van der Waals surface area contributed by atoms with E-state index in [-0.39, 0.29) is 16.3 Å². The van der Waals surface area contributed by atoms with Crippen LogP contribution in [0.5, 0.6) is 0 Å². The first-order valence-electron chi connectivity index (χ1n) is 6.51. The minimum Gasteiger partial charge on any atom is -0.360 e. The van der Waals surface area contributed by atoms with E-state index >= 15 is 0 Å². The van der Waals surface area contributed by atoms with Crippen LogP contribution in [0, 0.1) is 11.6 Å². The Morgan fingerprint density at radius 3 is 2.57 bits per heavy atom. The Morgan fingerprint density at radius 1 is 1.09 bits per heavy atom. The molecule has 0 aliphatic carbocycles. The van der Waals surface area contributed by atoms with Gasteiger partial charge in [0.2, 0.25) is 10.0 Å². The summed E-state index contributed by atoms with van der Waals surface area (Å²) >= 11 is 0. The number of rotatable bonds is 2. The number of carbonyl (C=O) groups is 1. The zero-order valence-electron chi connectivity index (χ0n) is 11.5. The molecule has 0 saturated carbocycles. The lowest BCUT2D eigenvalue weighted by Crippen LogP contribution is -2.51. The highest BCUT2D eigenvalue weighted by molar-refractivity contribution is 7.89. The first-order chi connectivity index (χ1) is 10.9. The average molecular weight is 339 g/mol. The number of para-hydroxylation sites is 1. The predicted molar refractivity (Wildman–Crippen MR) is 79.2 cm³/mol. The summed E-state index contributed by atoms with van der Waals surface area (Å²) in [5, 5.41) is 5.04. The molecule has 0 radical (unpaired) electrons. The maximum Gasteiger partial charge on any atom is 0.262 e. The van der Waals surface area contributed by atoms with Crippen molar-refractivity contribution in [1.82, 2.24) is 4.72 Å². The number of sulfonamides is 1. The summed E-state index contributed by atoms with van der Waals surface area (Å²) in [5.74, 6) is -2.92. The zero-order valence-corrected chi connectivity index (χ0v) is 12.3. The van der Waals surface area contributed by atoms with Crippen LogP contribution in [-0.2, 0) is 14.8 Å². The van der Waals surface area contributed by atoms with Gasteiger partial charge >= 0.3 is 0 Å². The van der Waals surface area contributed by atoms with Crippen LogP contribution >= 0.6 is 0 Å². The van der Waals surface area contributed by atoms with Crippen molar-refractivity contribution in [3.05, 3.63) is 54.1 Å². The van der Waals surface area contributed by atoms with Crippen LogP contribution in [-0.4, -0.2) is 20.5 Å². The van der Waals surface area contributed by atoms with E-state index in [1.54, 1.807) is 12.1 Å². The second-order valence-electron chi connectivity index (χ2n) is 4.81. The monoisotopic (exact) mass is 339 g/mol. The van der Waals surface area contributed by atoms with Gasteiger partial charge in [0.1, 0.15) is 4.90 Å². The van der Waals surface area contributed by atoms with Crippen molar-refractivity contribution in [1.29, 1.82) is 0 Å². The normalized spacial score (nSPS) is 18.6. The molecule has 2 aromatic rings. The largest absolute Gasteiger partial charge is 0.360 e. The fourth-order valence-electron chi connectivity index (χ4n) is 2.13. The molecule has 1 aliphatic heterocycles. The summed E-state index contributed by atoms with van der Waals surface area (Å²) in [6.07, 6.45) is -1.27. The third kappa shape index (κ3) is 3.01. The standard InChI is InChI=1S/C14H11F2N3O3S/c15-9-6-5-8(7-10(9)16)17-14(20)13-18-11-3-1-2-4-12(11)23(21,22)19-13/h1-7,13,18-19H,(H,17,20)/t13-/m1/s1. The number of halogens is 2. The van der Waals surface area contributed by atoms with Crippen LogP contribution < -0.4 is 15.4 Å². The van der Waals surface area contributed by atoms with Crippen LogP contribution in [0.1, 0.15) is 0 Å². The maximum atomic E-state index is 13.1. The highest BCUT2D eigenvalue weighted by Crippen LogP contribution is 2.25. The van der Waals surface area contributed by atoms with E-state index in [9.17, 15) is 22.0 Å². The number of carbonyl (C=O) groups excluding carboxylic acids is 1. The van der Waals surface area contributed by atoms with Gasteiger partial charge in [-0.2, -0.15) is 4.72 Å². The lowest BCUT2D eigenvalue weighted by Gasteiger charge is -2.27. The Bertz CT molecular complexity index is 887. The second-order valence-corrected chi connectivity index (χ2v) is 6.50. The fourth-order valence-corrected chi connectivity index (χ4v) is 3.41. The number of hydrogen-bond donors (Lipinski definition) is 3. The summed E-state index contributed by atoms with van der Waals surface area (Å²) in [6, 6.07) is 8.93. The Morgan fingerprint density at radius 2 is 1.83 bits per heavy atom. The number of anilines is 2. The van der Waals surface area contributed by atoms with Gasteiger partial charge < -0.3 is 10.6 Å². The van der Waals surface area contributed by atoms with Crippen molar-refractivity contribution < 1.29 is 22.0 Å². The van der Waals surface area contributed by atoms with Crippen molar-refractivity contribution in [3.8, 4) is 0 Å². The van der Waals surface area contributed by atoms with Crippen LogP contribution in [0.4, 0.5) is 20.2 Å². The minimum atomic E-state index is -3.85. The Balaban J connectivity index is 1.83. The molecular formula is C14H11F2N3O3S. The van der Waals surface area contributed by atoms with Crippen molar-refractivity contribution in [3.63, 3.8) is 0 Å². The third-order valence-electron chi connectivity index (χ3n) is 3.20. The predicted octanol–water partition coefficient (Wildman–Crippen LogP) is 1.63. The molecule has 1 aliphatic rings. The van der Waals surface area contributed by atoms with Crippen molar-refractivity contribution >= 4 is 27.3 Å². The summed E-state index contributed by atoms with van der Waals surface area (Å²) in [5.41, 5.74) is 0.283. The molecule has 6 nitrogen and oxygen atoms in total. The molecule has 9 heteroatoms. The molecule has 0 unspecified atom stereocenters. The first kappa shape index (κ1) is 15.4. The summed E-state index contributed by atoms with van der Waals surface area (Å²) in [6.45, 7) is 0. The smallest absolute Gasteiger partial charge is 0.262 e. The number of benzene rings is 2. The maximum absolute atomic E-state index is 13.1. The van der Waals surface area contributed by atoms with Crippen LogP contribution in [0.25, 0.3) is 0 Å². The SMILES string of the molecule is O=C(Nc1ccc(F)c(F)c1)[C@@H]1Nc2ccccc2S(=O)(=O)N1. The summed E-state index contributed by atoms with van der Waals surface area (Å²) in [7, 11) is -3.85. The quantitative estimate of drug-likeness (QED) is 0.776. The molecule has 0 aromatic heterocycles. The van der Waals surface area contributed by atoms with E-state index < -0.39 is 33.7 Å². The van der Waals surface area contributed by atoms with E-state index in [1.165, 1.54) is 18.2 Å². The van der Waals surface area contributed by atoms with Gasteiger partial charge in [-0.15, -0.1) is 0 Å². The molecule has 0 fully saturated rings. The van der Waals surface area contributed by atoms with Gasteiger partial charge in [0.15, 0.2) is 17.8 Å². The van der Waals surface area contributed by atoms with Gasteiger partial charge in [0.25, 0.3) is 5.91 Å². The van der Waals surface area contributed by atoms with Crippen LogP contribution in [0.2, 0.25) is 0 Å². The summed E-state index contributed by atoms with van der Waals surface area (Å²) in [4.78, 5) is 12.2. The van der Waals surface area contributed by atoms with Gasteiger partial charge in [0, 0.05) is 11.8 Å². The highest BCUT2D eigenvalue weighted by Gasteiger charge is 2.32. The molecule has 1 atom stereocenters. The van der Waals surface area contributed by atoms with E-state index in [2.05, 4.69) is 15.4 Å². The molecule has 120 valence electrons. The van der Waals surface area contributed by atoms with Crippen molar-refractivity contribution in [2.75, 3.05) is 10.6 Å². The van der Waals surface area contributed by atoms with Gasteiger partial charge in [0.05, 0.1) is 5.69 Å². The van der Waals surface area contributed by atoms with Crippen molar-refractivity contribution in [2.45, 2.75) is 11.1 Å². The molecule has 3 N–H and O–H groups in total. The Hall–Kier alpha value is -2.52. The minimum absolute atomic E-state index is 0.00811. The van der Waals surface area contributed by atoms with Crippen molar-refractivity contribution in [2.24, 2.45) is 0 Å². The Kier molecular flexibility index (Phi) is 3.74. The van der Waals surface area contributed by atoms with E-state index in [4.69, 9.17) is 0 Å². The average Bonchev–Trinajstić information content (AvgIpc) is 2.50. The van der Waals surface area contributed by atoms with Gasteiger partial charge in [-0.3, -0.25) is 4.79 Å². The molecule has 0 spiro atoms. The Labute approximate surface area is 130 Å². The lowest BCUT2D eigenvalue weighted by molar-refractivity contribution is -0.117. The molecule has 3 rings (SSSR count). The second kappa shape index (κ2) is 5.60. The topological polar surface area (TPSA) is 87.3 Å². The molecule has 0 saturated heterocycles. The number of amides is 1. The number of hydrogen-bond acceptors (Lipinski definition) is 4. The zero-order chi connectivity index (χ0) is 16.6. The molecule has 0 bridgehead atoms. The van der Waals surface area contributed by atoms with E-state index in [0.717, 1.165) is 12.1 Å². The highest BCUT2D eigenvalue weighted by atomic mass is 32.2. The van der Waals surface area contributed by atoms with Gasteiger partial charge in [-0.1, -0.05) is 12.1 Å². The van der Waals surface area contributed by atoms with Gasteiger partial charge in [-0.25, -0.2) is 17.2 Å². The van der Waals surface area contributed by atoms with E-state index in [0.29, 0.717) is 0 Å². The number of nitrogens with one attached hydrogen (secondary N) is 3. The van der Waals surface area contributed by atoms with E-state index in [1.807, 2.05) is 0 Å². The molecule has 2 aromatic carbocycles. The summed E-state index contributed by atoms with van der Waals surface area (Å²) < 4.78 is 52.4.